The Morgan fingerprint density at radius 3 is 1.07 bits per heavy atom. The molecule has 0 aromatic heterocycles. The molecule has 0 fully saturated rings. The topological polar surface area (TPSA) is 0 Å². The molecule has 0 amide bonds. The Bertz CT molecular complexity index is 3540. The van der Waals surface area contributed by atoms with Crippen molar-refractivity contribution in [2.24, 2.45) is 17.8 Å². The van der Waals surface area contributed by atoms with Gasteiger partial charge in [0.2, 0.25) is 0 Å². The molecule has 0 aliphatic heterocycles. The highest BCUT2D eigenvalue weighted by Gasteiger charge is 2.14. The van der Waals surface area contributed by atoms with Gasteiger partial charge in [-0.3, -0.25) is 0 Å². The zero-order valence-electron chi connectivity index (χ0n) is 55.1. The van der Waals surface area contributed by atoms with Gasteiger partial charge in [-0.15, -0.1) is 0 Å². The van der Waals surface area contributed by atoms with Crippen LogP contribution in [0.4, 0.5) is 13.2 Å². The van der Waals surface area contributed by atoms with E-state index in [1.165, 1.54) is 99.5 Å². The molecule has 0 aliphatic carbocycles. The summed E-state index contributed by atoms with van der Waals surface area (Å²) in [5.74, 6) is 2.25. The predicted molar refractivity (Wildman–Crippen MR) is 372 cm³/mol. The second-order valence-electron chi connectivity index (χ2n) is 24.9. The largest absolute Gasteiger partial charge is 0.207 e. The molecule has 454 valence electrons. The first kappa shape index (κ1) is 69.8. The van der Waals surface area contributed by atoms with Gasteiger partial charge in [-0.05, 0) is 204 Å². The van der Waals surface area contributed by atoms with E-state index < -0.39 is 11.6 Å². The minimum absolute atomic E-state index is 0.0645. The van der Waals surface area contributed by atoms with E-state index in [0.29, 0.717) is 23.0 Å². The SMILES string of the molecule is Cc1c(C(C)C)cc(-c2ccccc2)cc1C(C)C.Cc1c(F)cc(-c2ccccc2)cc1-c1ccccc1.Cc1c(F)cc(-c2ccccc2)cc1F.Cc1ccc(CC(C)C)cc1.Cc1cccc(CC(C)C)c1.Cc1ccccc1CC(C)C. The van der Waals surface area contributed by atoms with Gasteiger partial charge in [-0.25, -0.2) is 13.2 Å². The van der Waals surface area contributed by atoms with E-state index in [9.17, 15) is 13.2 Å². The fourth-order valence-corrected chi connectivity index (χ4v) is 10.4. The average Bonchev–Trinajstić information content (AvgIpc) is 1.96. The van der Waals surface area contributed by atoms with Gasteiger partial charge in [0.05, 0.1) is 0 Å². The van der Waals surface area contributed by atoms with Crippen molar-refractivity contribution in [2.45, 2.75) is 142 Å². The standard InChI is InChI=1S/C19H15F.C19H24.C13H10F2.3C11H16/c1-14-18(16-10-6-3-7-11-16)12-17(13-19(14)20)15-8-4-2-5-9-15;1-13(2)18-11-17(16-9-7-6-8-10-16)12-19(14(3)4)15(18)5;1-9-12(14)7-11(8-13(9)15)10-5-3-2-4-6-10;1-9(2)8-11-6-4-10(3)5-7-11;1-9(2)7-11-6-4-5-10(3)8-11;1-9(2)8-11-7-5-4-6-10(11)3/h2-13H,1H3;6-14H,1-5H3;2-8H,1H3;4-7,9H,8H2,1-3H3;4-6,8-9H,7H2,1-3H3;4-7,9H,8H2,1-3H3. The first-order valence-corrected chi connectivity index (χ1v) is 31.3. The Hall–Kier alpha value is -8.01. The van der Waals surface area contributed by atoms with Gasteiger partial charge in [0.15, 0.2) is 0 Å². The van der Waals surface area contributed by atoms with E-state index in [1.54, 1.807) is 6.07 Å². The van der Waals surface area contributed by atoms with E-state index >= 15 is 0 Å². The molecular formula is C84H97F3. The van der Waals surface area contributed by atoms with E-state index in [2.05, 4.69) is 218 Å². The van der Waals surface area contributed by atoms with Crippen LogP contribution in [0.5, 0.6) is 0 Å². The van der Waals surface area contributed by atoms with Crippen LogP contribution in [0.25, 0.3) is 44.5 Å². The van der Waals surface area contributed by atoms with Crippen molar-refractivity contribution in [3.8, 4) is 44.5 Å². The summed E-state index contributed by atoms with van der Waals surface area (Å²) in [6.45, 7) is 34.6. The van der Waals surface area contributed by atoms with Crippen LogP contribution in [0.1, 0.15) is 142 Å². The lowest BCUT2D eigenvalue weighted by atomic mass is 9.86. The molecular weight excluding hydrogens is 1070 g/mol. The molecule has 0 saturated heterocycles. The van der Waals surface area contributed by atoms with Gasteiger partial charge in [0.1, 0.15) is 17.5 Å². The second-order valence-corrected chi connectivity index (χ2v) is 24.9. The molecule has 0 N–H and O–H groups in total. The van der Waals surface area contributed by atoms with Gasteiger partial charge in [0, 0.05) is 5.56 Å². The van der Waals surface area contributed by atoms with Gasteiger partial charge in [-0.2, -0.15) is 0 Å². The highest BCUT2D eigenvalue weighted by molar-refractivity contribution is 5.76. The van der Waals surface area contributed by atoms with Crippen molar-refractivity contribution < 1.29 is 13.2 Å². The highest BCUT2D eigenvalue weighted by Crippen LogP contribution is 2.34. The number of hydrogen-bond donors (Lipinski definition) is 0. The zero-order valence-corrected chi connectivity index (χ0v) is 55.1. The van der Waals surface area contributed by atoms with Crippen molar-refractivity contribution in [1.29, 1.82) is 0 Å². The lowest BCUT2D eigenvalue weighted by molar-refractivity contribution is 0.569. The van der Waals surface area contributed by atoms with Crippen molar-refractivity contribution >= 4 is 0 Å². The minimum atomic E-state index is -0.506. The molecule has 10 aromatic rings. The molecule has 87 heavy (non-hydrogen) atoms. The molecule has 10 aromatic carbocycles. The van der Waals surface area contributed by atoms with Crippen LogP contribution < -0.4 is 0 Å². The van der Waals surface area contributed by atoms with Crippen LogP contribution in [0.2, 0.25) is 0 Å². The summed E-state index contributed by atoms with van der Waals surface area (Å²) in [5, 5.41) is 0. The summed E-state index contributed by atoms with van der Waals surface area (Å²) < 4.78 is 40.8. The molecule has 0 bridgehead atoms. The molecule has 0 saturated carbocycles. The van der Waals surface area contributed by atoms with Gasteiger partial charge in [-0.1, -0.05) is 287 Å². The first-order chi connectivity index (χ1) is 41.5. The van der Waals surface area contributed by atoms with E-state index in [-0.39, 0.29) is 11.4 Å². The summed E-state index contributed by atoms with van der Waals surface area (Å²) in [6, 6.07) is 76.9. The van der Waals surface area contributed by atoms with Crippen molar-refractivity contribution in [2.75, 3.05) is 0 Å². The molecule has 0 heterocycles. The van der Waals surface area contributed by atoms with Crippen LogP contribution in [-0.2, 0) is 19.3 Å². The molecule has 0 unspecified atom stereocenters. The van der Waals surface area contributed by atoms with Crippen molar-refractivity contribution in [3.63, 3.8) is 0 Å². The van der Waals surface area contributed by atoms with Crippen LogP contribution >= 0.6 is 0 Å². The summed E-state index contributed by atoms with van der Waals surface area (Å²) >= 11 is 0. The van der Waals surface area contributed by atoms with Crippen molar-refractivity contribution in [1.82, 2.24) is 0 Å². The fraction of sp³-hybridized carbons (Fsp3) is 0.286. The van der Waals surface area contributed by atoms with E-state index in [1.807, 2.05) is 97.9 Å². The van der Waals surface area contributed by atoms with Crippen molar-refractivity contribution in [3.05, 3.63) is 309 Å². The maximum Gasteiger partial charge on any atom is 0.129 e. The molecule has 10 rings (SSSR count). The van der Waals surface area contributed by atoms with E-state index in [0.717, 1.165) is 45.6 Å². The van der Waals surface area contributed by atoms with Gasteiger partial charge in [0.25, 0.3) is 0 Å². The Kier molecular flexibility index (Phi) is 28.5. The van der Waals surface area contributed by atoms with Gasteiger partial charge < -0.3 is 0 Å². The molecule has 0 aliphatic rings. The summed E-state index contributed by atoms with van der Waals surface area (Å²) in [7, 11) is 0. The number of halogens is 3. The molecule has 3 heteroatoms. The number of rotatable bonds is 12. The summed E-state index contributed by atoms with van der Waals surface area (Å²) in [4.78, 5) is 0. The van der Waals surface area contributed by atoms with Crippen LogP contribution in [-0.4, -0.2) is 0 Å². The van der Waals surface area contributed by atoms with Gasteiger partial charge >= 0.3 is 0 Å². The van der Waals surface area contributed by atoms with Crippen LogP contribution in [0.3, 0.4) is 0 Å². The smallest absolute Gasteiger partial charge is 0.129 e. The predicted octanol–water partition coefficient (Wildman–Crippen LogP) is 24.9. The lowest BCUT2D eigenvalue weighted by Gasteiger charge is -2.19. The summed E-state index contributed by atoms with van der Waals surface area (Å²) in [6.07, 6.45) is 3.59. The highest BCUT2D eigenvalue weighted by atomic mass is 19.1. The number of benzene rings is 10. The quantitative estimate of drug-likeness (QED) is 0.114. The van der Waals surface area contributed by atoms with Crippen LogP contribution in [0.15, 0.2) is 231 Å². The molecule has 0 spiro atoms. The third kappa shape index (κ3) is 23.3. The molecule has 0 radical (unpaired) electrons. The third-order valence-corrected chi connectivity index (χ3v) is 15.1. The maximum atomic E-state index is 14.2. The molecule has 0 nitrogen and oxygen atoms in total. The fourth-order valence-electron chi connectivity index (χ4n) is 10.4. The Morgan fingerprint density at radius 1 is 0.276 bits per heavy atom. The van der Waals surface area contributed by atoms with Crippen LogP contribution in [0, 0.1) is 76.7 Å². The molecule has 0 atom stereocenters. The Balaban J connectivity index is 0.000000194. The Labute approximate surface area is 523 Å². The average molecular weight is 1160 g/mol. The lowest BCUT2D eigenvalue weighted by Crippen LogP contribution is -2.00. The first-order valence-electron chi connectivity index (χ1n) is 31.3. The number of aryl methyl sites for hydroxylation is 3. The normalized spacial score (nSPS) is 10.7. The Morgan fingerprint density at radius 2 is 0.655 bits per heavy atom. The van der Waals surface area contributed by atoms with E-state index in [4.69, 9.17) is 0 Å². The second kappa shape index (κ2) is 35.6. The summed E-state index contributed by atoms with van der Waals surface area (Å²) in [5.41, 5.74) is 21.7. The zero-order chi connectivity index (χ0) is 63.6. The number of hydrogen-bond acceptors (Lipinski definition) is 0. The third-order valence-electron chi connectivity index (χ3n) is 15.1. The monoisotopic (exact) mass is 1160 g/mol. The maximum absolute atomic E-state index is 14.2. The minimum Gasteiger partial charge on any atom is -0.207 e.